The van der Waals surface area contributed by atoms with Gasteiger partial charge in [-0.3, -0.25) is 10.2 Å². The standard InChI is InChI=1S/C21H22FN5O/c1-15(25-23-14-18-9-11-20(22)12-10-18)13-16(2)26-27-17(3)24-21(28)19-7-5-4-6-8-19/h4-12,14,25H,1,13H2,2-3H3,(H,24,27,28)/b23-14+,26-16+. The number of halogens is 1. The van der Waals surface area contributed by atoms with Crippen LogP contribution >= 0.6 is 0 Å². The van der Waals surface area contributed by atoms with E-state index in [4.69, 9.17) is 0 Å². The number of nitrogens with one attached hydrogen (secondary N) is 2. The van der Waals surface area contributed by atoms with Crippen LogP contribution in [0.1, 0.15) is 36.2 Å². The van der Waals surface area contributed by atoms with Crippen LogP contribution in [0.3, 0.4) is 0 Å². The Morgan fingerprint density at radius 3 is 2.43 bits per heavy atom. The third-order valence-corrected chi connectivity index (χ3v) is 3.48. The lowest BCUT2D eigenvalue weighted by molar-refractivity contribution is 0.0976. The van der Waals surface area contributed by atoms with Crippen molar-refractivity contribution in [3.05, 3.63) is 83.8 Å². The minimum absolute atomic E-state index is 0.240. The Balaban J connectivity index is 1.81. The Morgan fingerprint density at radius 2 is 1.75 bits per heavy atom. The fourth-order valence-corrected chi connectivity index (χ4v) is 2.14. The fraction of sp³-hybridized carbons (Fsp3) is 0.143. The Morgan fingerprint density at radius 1 is 1.07 bits per heavy atom. The average molecular weight is 379 g/mol. The number of carbonyl (C=O) groups is 1. The molecule has 0 saturated heterocycles. The largest absolute Gasteiger partial charge is 0.309 e. The molecule has 2 aromatic rings. The highest BCUT2D eigenvalue weighted by Gasteiger charge is 2.05. The van der Waals surface area contributed by atoms with Crippen molar-refractivity contribution in [2.24, 2.45) is 15.3 Å². The van der Waals surface area contributed by atoms with Gasteiger partial charge in [0, 0.05) is 23.4 Å². The van der Waals surface area contributed by atoms with E-state index in [9.17, 15) is 9.18 Å². The van der Waals surface area contributed by atoms with Gasteiger partial charge in [0.15, 0.2) is 0 Å². The summed E-state index contributed by atoms with van der Waals surface area (Å²) in [7, 11) is 0. The minimum Gasteiger partial charge on any atom is -0.309 e. The molecule has 0 saturated carbocycles. The lowest BCUT2D eigenvalue weighted by Crippen LogP contribution is -2.28. The Labute approximate surface area is 163 Å². The summed E-state index contributed by atoms with van der Waals surface area (Å²) in [6.07, 6.45) is 2.00. The van der Waals surface area contributed by atoms with E-state index in [2.05, 4.69) is 32.6 Å². The fourth-order valence-electron chi connectivity index (χ4n) is 2.14. The molecule has 7 heteroatoms. The molecule has 1 amide bonds. The van der Waals surface area contributed by atoms with Crippen LogP contribution in [0.25, 0.3) is 0 Å². The van der Waals surface area contributed by atoms with Crippen molar-refractivity contribution in [1.82, 2.24) is 10.7 Å². The molecule has 0 atom stereocenters. The van der Waals surface area contributed by atoms with Crippen LogP contribution in [0.5, 0.6) is 0 Å². The van der Waals surface area contributed by atoms with E-state index < -0.39 is 0 Å². The summed E-state index contributed by atoms with van der Waals surface area (Å²) in [5.74, 6) is -0.144. The summed E-state index contributed by atoms with van der Waals surface area (Å²) < 4.78 is 12.8. The van der Waals surface area contributed by atoms with Gasteiger partial charge in [-0.25, -0.2) is 4.39 Å². The van der Waals surface area contributed by atoms with E-state index >= 15 is 0 Å². The molecule has 2 rings (SSSR count). The summed E-state index contributed by atoms with van der Waals surface area (Å²) in [4.78, 5) is 12.0. The molecule has 0 fully saturated rings. The highest BCUT2D eigenvalue weighted by Crippen LogP contribution is 2.01. The van der Waals surface area contributed by atoms with Gasteiger partial charge >= 0.3 is 0 Å². The summed E-state index contributed by atoms with van der Waals surface area (Å²) in [5, 5.41) is 14.8. The highest BCUT2D eigenvalue weighted by atomic mass is 19.1. The molecule has 6 nitrogen and oxygen atoms in total. The topological polar surface area (TPSA) is 78.2 Å². The molecule has 0 aliphatic rings. The van der Waals surface area contributed by atoms with Crippen LogP contribution in [0.15, 0.2) is 82.2 Å². The first-order chi connectivity index (χ1) is 13.4. The second-order valence-corrected chi connectivity index (χ2v) is 6.04. The highest BCUT2D eigenvalue weighted by molar-refractivity contribution is 6.05. The third-order valence-electron chi connectivity index (χ3n) is 3.48. The van der Waals surface area contributed by atoms with E-state index in [0.29, 0.717) is 29.2 Å². The third kappa shape index (κ3) is 7.33. The molecular weight excluding hydrogens is 357 g/mol. The maximum absolute atomic E-state index is 12.8. The molecule has 0 aliphatic heterocycles. The zero-order valence-electron chi connectivity index (χ0n) is 15.8. The minimum atomic E-state index is -0.294. The van der Waals surface area contributed by atoms with Crippen molar-refractivity contribution in [1.29, 1.82) is 0 Å². The summed E-state index contributed by atoms with van der Waals surface area (Å²) in [6.45, 7) is 7.33. The SMILES string of the molecule is C=C(C/C(C)=N/N=C(C)NC(=O)c1ccccc1)N/N=C/c1ccc(F)cc1. The van der Waals surface area contributed by atoms with E-state index in [-0.39, 0.29) is 11.7 Å². The van der Waals surface area contributed by atoms with E-state index in [1.54, 1.807) is 56.5 Å². The van der Waals surface area contributed by atoms with Crippen LogP contribution < -0.4 is 10.7 Å². The Hall–Kier alpha value is -3.61. The second-order valence-electron chi connectivity index (χ2n) is 6.04. The van der Waals surface area contributed by atoms with Gasteiger partial charge in [0.25, 0.3) is 5.91 Å². The van der Waals surface area contributed by atoms with Gasteiger partial charge in [-0.1, -0.05) is 36.9 Å². The predicted molar refractivity (Wildman–Crippen MR) is 111 cm³/mol. The van der Waals surface area contributed by atoms with Crippen LogP contribution in [-0.2, 0) is 0 Å². The first-order valence-electron chi connectivity index (χ1n) is 8.60. The maximum Gasteiger partial charge on any atom is 0.256 e. The average Bonchev–Trinajstić information content (AvgIpc) is 2.68. The van der Waals surface area contributed by atoms with Crippen molar-refractivity contribution < 1.29 is 9.18 Å². The number of carbonyl (C=O) groups excluding carboxylic acids is 1. The molecule has 0 unspecified atom stereocenters. The van der Waals surface area contributed by atoms with E-state index in [1.807, 2.05) is 6.07 Å². The lowest BCUT2D eigenvalue weighted by Gasteiger charge is -2.05. The van der Waals surface area contributed by atoms with Crippen molar-refractivity contribution in [3.8, 4) is 0 Å². The molecule has 0 heterocycles. The molecule has 0 aliphatic carbocycles. The summed E-state index contributed by atoms with van der Waals surface area (Å²) in [5.41, 5.74) is 5.44. The number of amides is 1. The first-order valence-corrected chi connectivity index (χ1v) is 8.60. The number of hydrazone groups is 1. The van der Waals surface area contributed by atoms with Crippen LogP contribution in [-0.4, -0.2) is 23.7 Å². The van der Waals surface area contributed by atoms with Crippen molar-refractivity contribution in [2.45, 2.75) is 20.3 Å². The Kier molecular flexibility index (Phi) is 7.77. The number of allylic oxidation sites excluding steroid dienone is 1. The number of rotatable bonds is 7. The number of hydrogen-bond acceptors (Lipinski definition) is 5. The van der Waals surface area contributed by atoms with Gasteiger partial charge in [-0.15, -0.1) is 5.10 Å². The molecule has 0 aromatic heterocycles. The monoisotopic (exact) mass is 379 g/mol. The summed E-state index contributed by atoms with van der Waals surface area (Å²) >= 11 is 0. The zero-order valence-corrected chi connectivity index (χ0v) is 15.8. The predicted octanol–water partition coefficient (Wildman–Crippen LogP) is 3.88. The lowest BCUT2D eigenvalue weighted by atomic mass is 10.2. The van der Waals surface area contributed by atoms with Gasteiger partial charge in [0.05, 0.1) is 6.21 Å². The molecule has 144 valence electrons. The van der Waals surface area contributed by atoms with Crippen LogP contribution in [0.2, 0.25) is 0 Å². The van der Waals surface area contributed by atoms with Crippen molar-refractivity contribution >= 4 is 23.7 Å². The second kappa shape index (κ2) is 10.5. The van der Waals surface area contributed by atoms with Crippen molar-refractivity contribution in [2.75, 3.05) is 0 Å². The van der Waals surface area contributed by atoms with Crippen molar-refractivity contribution in [3.63, 3.8) is 0 Å². The molecule has 2 aromatic carbocycles. The molecule has 0 spiro atoms. The van der Waals surface area contributed by atoms with Crippen LogP contribution in [0, 0.1) is 5.82 Å². The molecule has 28 heavy (non-hydrogen) atoms. The van der Waals surface area contributed by atoms with Gasteiger partial charge in [-0.05, 0) is 43.7 Å². The maximum atomic E-state index is 12.8. The van der Waals surface area contributed by atoms with Gasteiger partial charge in [0.2, 0.25) is 0 Å². The molecule has 0 radical (unpaired) electrons. The number of hydrogen-bond donors (Lipinski definition) is 2. The van der Waals surface area contributed by atoms with E-state index in [0.717, 1.165) is 5.56 Å². The quantitative estimate of drug-likeness (QED) is 0.435. The number of nitrogens with zero attached hydrogens (tertiary/aromatic N) is 3. The first kappa shape index (κ1) is 20.7. The zero-order chi connectivity index (χ0) is 20.4. The van der Waals surface area contributed by atoms with Gasteiger partial charge < -0.3 is 5.32 Å². The van der Waals surface area contributed by atoms with Crippen LogP contribution in [0.4, 0.5) is 4.39 Å². The molecule has 0 bridgehead atoms. The number of amidine groups is 1. The van der Waals surface area contributed by atoms with E-state index in [1.165, 1.54) is 12.1 Å². The summed E-state index contributed by atoms with van der Waals surface area (Å²) in [6, 6.07) is 14.8. The Bertz CT molecular complexity index is 902. The molecular formula is C21H22FN5O. The number of benzene rings is 2. The smallest absolute Gasteiger partial charge is 0.256 e. The van der Waals surface area contributed by atoms with Gasteiger partial charge in [0.1, 0.15) is 11.7 Å². The molecule has 2 N–H and O–H groups in total. The normalized spacial score (nSPS) is 12.1. The van der Waals surface area contributed by atoms with Gasteiger partial charge in [-0.2, -0.15) is 10.2 Å².